The van der Waals surface area contributed by atoms with Crippen LogP contribution in [0.3, 0.4) is 0 Å². The summed E-state index contributed by atoms with van der Waals surface area (Å²) in [4.78, 5) is 46.2. The number of nitrogens with zero attached hydrogens (tertiary/aromatic N) is 1. The molecule has 2 amide bonds. The van der Waals surface area contributed by atoms with Crippen LogP contribution >= 0.6 is 0 Å². The lowest BCUT2D eigenvalue weighted by Gasteiger charge is -2.06. The molecule has 4 N–H and O–H groups in total. The number of H-pyrrole nitrogens is 1. The third kappa shape index (κ3) is 5.48. The van der Waals surface area contributed by atoms with E-state index in [1.165, 1.54) is 5.48 Å². The van der Waals surface area contributed by atoms with Crippen LogP contribution in [0, 0.1) is 5.82 Å². The van der Waals surface area contributed by atoms with Crippen molar-refractivity contribution >= 4 is 11.9 Å². The van der Waals surface area contributed by atoms with Gasteiger partial charge in [0.25, 0.3) is 5.56 Å². The first-order valence-corrected chi connectivity index (χ1v) is 6.68. The second-order valence-corrected chi connectivity index (χ2v) is 4.54. The van der Waals surface area contributed by atoms with Gasteiger partial charge in [0.2, 0.25) is 11.7 Å². The number of halogens is 1. The van der Waals surface area contributed by atoms with E-state index in [4.69, 9.17) is 5.21 Å². The van der Waals surface area contributed by atoms with Gasteiger partial charge in [-0.15, -0.1) is 0 Å². The fourth-order valence-corrected chi connectivity index (χ4v) is 1.70. The zero-order chi connectivity index (χ0) is 16.5. The van der Waals surface area contributed by atoms with Gasteiger partial charge in [-0.05, 0) is 12.8 Å². The Kier molecular flexibility index (Phi) is 6.96. The summed E-state index contributed by atoms with van der Waals surface area (Å²) in [5, 5.41) is 10.7. The summed E-state index contributed by atoms with van der Waals surface area (Å²) < 4.78 is 13.5. The Bertz CT molecular complexity index is 639. The quantitative estimate of drug-likeness (QED) is 0.311. The second-order valence-electron chi connectivity index (χ2n) is 4.54. The highest BCUT2D eigenvalue weighted by Crippen LogP contribution is 2.02. The molecule has 0 aromatic carbocycles. The van der Waals surface area contributed by atoms with Crippen LogP contribution in [0.2, 0.25) is 0 Å². The predicted octanol–water partition coefficient (Wildman–Crippen LogP) is -0.311. The Labute approximate surface area is 124 Å². The molecular formula is C12H17FN4O5. The molecule has 1 aromatic rings. The van der Waals surface area contributed by atoms with Crippen LogP contribution in [0.25, 0.3) is 0 Å². The summed E-state index contributed by atoms with van der Waals surface area (Å²) in [5.74, 6) is -1.68. The minimum atomic E-state index is -1.23. The van der Waals surface area contributed by atoms with Gasteiger partial charge in [0.1, 0.15) is 0 Å². The Hall–Kier alpha value is -2.49. The Morgan fingerprint density at radius 3 is 2.59 bits per heavy atom. The van der Waals surface area contributed by atoms with Crippen molar-refractivity contribution in [3.63, 3.8) is 0 Å². The van der Waals surface area contributed by atoms with E-state index in [1.807, 2.05) is 0 Å². The van der Waals surface area contributed by atoms with Gasteiger partial charge in [0.15, 0.2) is 0 Å². The zero-order valence-corrected chi connectivity index (χ0v) is 11.7. The average molecular weight is 316 g/mol. The summed E-state index contributed by atoms with van der Waals surface area (Å²) >= 11 is 0. The lowest BCUT2D eigenvalue weighted by molar-refractivity contribution is -0.129. The van der Waals surface area contributed by atoms with Crippen LogP contribution < -0.4 is 22.0 Å². The van der Waals surface area contributed by atoms with E-state index in [0.29, 0.717) is 23.6 Å². The molecule has 1 aromatic heterocycles. The molecule has 0 bridgehead atoms. The molecule has 0 unspecified atom stereocenters. The molecule has 0 saturated carbocycles. The first-order chi connectivity index (χ1) is 10.5. The van der Waals surface area contributed by atoms with Crippen LogP contribution in [0.1, 0.15) is 32.1 Å². The van der Waals surface area contributed by atoms with Crippen molar-refractivity contribution in [3.8, 4) is 0 Å². The average Bonchev–Trinajstić information content (AvgIpc) is 2.49. The standard InChI is InChI=1S/C12H17FN4O5/c13-8-7-17(12(21)15-10(8)19)11(20)14-6-4-2-1-3-5-9(18)16-22/h7,22H,1-6H2,(H,14,20)(H,16,18)(H,15,19,21). The molecule has 0 spiro atoms. The van der Waals surface area contributed by atoms with E-state index in [9.17, 15) is 23.6 Å². The molecule has 0 radical (unpaired) electrons. The molecule has 1 rings (SSSR count). The Morgan fingerprint density at radius 1 is 1.23 bits per heavy atom. The number of rotatable bonds is 7. The Morgan fingerprint density at radius 2 is 1.91 bits per heavy atom. The number of nitrogens with one attached hydrogen (secondary N) is 3. The van der Waals surface area contributed by atoms with E-state index in [0.717, 1.165) is 12.8 Å². The summed E-state index contributed by atoms with van der Waals surface area (Å²) in [5.41, 5.74) is -0.665. The van der Waals surface area contributed by atoms with Crippen molar-refractivity contribution < 1.29 is 19.2 Å². The van der Waals surface area contributed by atoms with Crippen molar-refractivity contribution in [1.29, 1.82) is 0 Å². The highest BCUT2D eigenvalue weighted by atomic mass is 19.1. The smallest absolute Gasteiger partial charge is 0.336 e. The lowest BCUT2D eigenvalue weighted by Crippen LogP contribution is -2.40. The summed E-state index contributed by atoms with van der Waals surface area (Å²) in [6.45, 7) is 0.262. The minimum absolute atomic E-state index is 0.217. The predicted molar refractivity (Wildman–Crippen MR) is 73.1 cm³/mol. The van der Waals surface area contributed by atoms with E-state index in [2.05, 4.69) is 5.32 Å². The number of hydrogen-bond acceptors (Lipinski definition) is 5. The van der Waals surface area contributed by atoms with Crippen molar-refractivity contribution in [2.24, 2.45) is 0 Å². The minimum Gasteiger partial charge on any atom is -0.337 e. The highest BCUT2D eigenvalue weighted by Gasteiger charge is 2.10. The molecular weight excluding hydrogens is 299 g/mol. The topological polar surface area (TPSA) is 133 Å². The maximum atomic E-state index is 13.0. The number of carbonyl (C=O) groups is 2. The number of hydrogen-bond donors (Lipinski definition) is 4. The van der Waals surface area contributed by atoms with Crippen LogP contribution in [0.15, 0.2) is 15.8 Å². The first-order valence-electron chi connectivity index (χ1n) is 6.68. The number of carbonyl (C=O) groups excluding carboxylic acids is 2. The van der Waals surface area contributed by atoms with Gasteiger partial charge in [-0.2, -0.15) is 4.39 Å². The molecule has 1 heterocycles. The zero-order valence-electron chi connectivity index (χ0n) is 11.7. The normalized spacial score (nSPS) is 10.3. The van der Waals surface area contributed by atoms with Gasteiger partial charge >= 0.3 is 11.7 Å². The number of aromatic nitrogens is 2. The molecule has 0 fully saturated rings. The molecule has 0 aliphatic rings. The third-order valence-electron chi connectivity index (χ3n) is 2.85. The van der Waals surface area contributed by atoms with Gasteiger partial charge in [0.05, 0.1) is 6.20 Å². The van der Waals surface area contributed by atoms with E-state index in [-0.39, 0.29) is 13.0 Å². The summed E-state index contributed by atoms with van der Waals surface area (Å²) in [7, 11) is 0. The van der Waals surface area contributed by atoms with Gasteiger partial charge in [-0.1, -0.05) is 12.8 Å². The van der Waals surface area contributed by atoms with Crippen LogP contribution in [0.4, 0.5) is 9.18 Å². The second kappa shape index (κ2) is 8.72. The molecule has 122 valence electrons. The van der Waals surface area contributed by atoms with Crippen LogP contribution in [-0.4, -0.2) is 33.2 Å². The SMILES string of the molecule is O=C(CCCCCCNC(=O)n1cc(F)c(=O)[nH]c1=O)NO. The van der Waals surface area contributed by atoms with Gasteiger partial charge in [0, 0.05) is 13.0 Å². The van der Waals surface area contributed by atoms with Gasteiger partial charge < -0.3 is 5.32 Å². The molecule has 0 aliphatic carbocycles. The number of amides is 2. The van der Waals surface area contributed by atoms with Crippen LogP contribution in [-0.2, 0) is 4.79 Å². The fourth-order valence-electron chi connectivity index (χ4n) is 1.70. The fraction of sp³-hybridized carbons (Fsp3) is 0.500. The Balaban J connectivity index is 2.30. The number of hydroxylamine groups is 1. The molecule has 0 atom stereocenters. The van der Waals surface area contributed by atoms with Crippen molar-refractivity contribution in [1.82, 2.24) is 20.3 Å². The summed E-state index contributed by atoms with van der Waals surface area (Å²) in [6.07, 6.45) is 3.42. The number of aromatic amines is 1. The summed E-state index contributed by atoms with van der Waals surface area (Å²) in [6, 6.07) is -0.834. The van der Waals surface area contributed by atoms with Crippen molar-refractivity contribution in [2.75, 3.05) is 6.54 Å². The lowest BCUT2D eigenvalue weighted by atomic mass is 10.1. The van der Waals surface area contributed by atoms with Crippen LogP contribution in [0.5, 0.6) is 0 Å². The van der Waals surface area contributed by atoms with E-state index >= 15 is 0 Å². The van der Waals surface area contributed by atoms with Crippen molar-refractivity contribution in [3.05, 3.63) is 32.9 Å². The molecule has 0 aliphatic heterocycles. The molecule has 9 nitrogen and oxygen atoms in total. The van der Waals surface area contributed by atoms with E-state index in [1.54, 1.807) is 4.98 Å². The van der Waals surface area contributed by atoms with Gasteiger partial charge in [-0.3, -0.25) is 19.8 Å². The third-order valence-corrected chi connectivity index (χ3v) is 2.85. The van der Waals surface area contributed by atoms with Gasteiger partial charge in [-0.25, -0.2) is 19.6 Å². The number of unbranched alkanes of at least 4 members (excludes halogenated alkanes) is 3. The monoisotopic (exact) mass is 316 g/mol. The van der Waals surface area contributed by atoms with E-state index < -0.39 is 29.0 Å². The largest absolute Gasteiger partial charge is 0.337 e. The molecule has 0 saturated heterocycles. The maximum Gasteiger partial charge on any atom is 0.336 e. The maximum absolute atomic E-state index is 13.0. The van der Waals surface area contributed by atoms with Crippen molar-refractivity contribution in [2.45, 2.75) is 32.1 Å². The highest BCUT2D eigenvalue weighted by molar-refractivity contribution is 5.76. The first kappa shape index (κ1) is 17.6. The molecule has 10 heteroatoms. The molecule has 22 heavy (non-hydrogen) atoms.